The van der Waals surface area contributed by atoms with Gasteiger partial charge in [-0.3, -0.25) is 9.59 Å². The van der Waals surface area contributed by atoms with E-state index in [2.05, 4.69) is 22.9 Å². The predicted octanol–water partition coefficient (Wildman–Crippen LogP) is 1.57. The quantitative estimate of drug-likeness (QED) is 0.764. The molecule has 1 heterocycles. The Morgan fingerprint density at radius 1 is 1.50 bits per heavy atom. The molecule has 2 amide bonds. The van der Waals surface area contributed by atoms with E-state index >= 15 is 0 Å². The highest BCUT2D eigenvalue weighted by atomic mass is 16.2. The minimum absolute atomic E-state index is 0.0727. The maximum absolute atomic E-state index is 11.1. The molecule has 2 atom stereocenters. The second kappa shape index (κ2) is 6.52. The van der Waals surface area contributed by atoms with Crippen molar-refractivity contribution in [1.29, 1.82) is 0 Å². The number of carbonyl (C=O) groups excluding carboxylic acids is 2. The van der Waals surface area contributed by atoms with Gasteiger partial charge in [0.15, 0.2) is 0 Å². The summed E-state index contributed by atoms with van der Waals surface area (Å²) in [4.78, 5) is 22.2. The van der Waals surface area contributed by atoms with Crippen molar-refractivity contribution in [2.75, 3.05) is 11.9 Å². The summed E-state index contributed by atoms with van der Waals surface area (Å²) in [6, 6.07) is 8.18. The first kappa shape index (κ1) is 14.5. The number of rotatable bonds is 5. The van der Waals surface area contributed by atoms with Gasteiger partial charge in [-0.25, -0.2) is 0 Å². The zero-order valence-electron chi connectivity index (χ0n) is 11.9. The molecule has 0 aliphatic carbocycles. The number of amides is 2. The molecule has 1 aliphatic heterocycles. The fraction of sp³-hybridized carbons (Fsp3) is 0.467. The van der Waals surface area contributed by atoms with E-state index in [1.54, 1.807) is 0 Å². The molecule has 0 radical (unpaired) electrons. The zero-order valence-corrected chi connectivity index (χ0v) is 11.9. The van der Waals surface area contributed by atoms with Crippen molar-refractivity contribution in [2.45, 2.75) is 38.8 Å². The molecule has 1 aliphatic rings. The Labute approximate surface area is 119 Å². The lowest BCUT2D eigenvalue weighted by molar-refractivity contribution is -0.119. The van der Waals surface area contributed by atoms with Crippen LogP contribution < -0.4 is 16.0 Å². The topological polar surface area (TPSA) is 70.2 Å². The van der Waals surface area contributed by atoms with Crippen LogP contribution in [0.15, 0.2) is 24.3 Å². The van der Waals surface area contributed by atoms with Gasteiger partial charge in [0.25, 0.3) is 0 Å². The second-order valence-electron chi connectivity index (χ2n) is 5.24. The monoisotopic (exact) mass is 275 g/mol. The predicted molar refractivity (Wildman–Crippen MR) is 78.3 cm³/mol. The van der Waals surface area contributed by atoms with Gasteiger partial charge < -0.3 is 16.0 Å². The van der Waals surface area contributed by atoms with Crippen LogP contribution in [0.3, 0.4) is 0 Å². The minimum Gasteiger partial charge on any atom is -0.352 e. The number of nitrogens with one attached hydrogen (secondary N) is 3. The van der Waals surface area contributed by atoms with Gasteiger partial charge in [-0.05, 0) is 31.0 Å². The van der Waals surface area contributed by atoms with Crippen LogP contribution in [0.2, 0.25) is 0 Å². The molecule has 108 valence electrons. The van der Waals surface area contributed by atoms with Gasteiger partial charge in [-0.1, -0.05) is 12.1 Å². The lowest BCUT2D eigenvalue weighted by Crippen LogP contribution is -2.36. The van der Waals surface area contributed by atoms with Crippen LogP contribution in [0.5, 0.6) is 0 Å². The average Bonchev–Trinajstić information content (AvgIpc) is 2.81. The van der Waals surface area contributed by atoms with Gasteiger partial charge >= 0.3 is 0 Å². The maximum atomic E-state index is 11.1. The molecule has 5 nitrogen and oxygen atoms in total. The van der Waals surface area contributed by atoms with E-state index in [0.717, 1.165) is 24.2 Å². The summed E-state index contributed by atoms with van der Waals surface area (Å²) in [6.07, 6.45) is 1.52. The summed E-state index contributed by atoms with van der Waals surface area (Å²) in [5, 5.41) is 9.13. The lowest BCUT2D eigenvalue weighted by atomic mass is 10.1. The highest BCUT2D eigenvalue weighted by Crippen LogP contribution is 2.18. The van der Waals surface area contributed by atoms with Crippen molar-refractivity contribution in [3.63, 3.8) is 0 Å². The molecule has 2 rings (SSSR count). The van der Waals surface area contributed by atoms with Crippen molar-refractivity contribution in [3.8, 4) is 0 Å². The minimum atomic E-state index is -0.0727. The molecule has 0 bridgehead atoms. The lowest BCUT2D eigenvalue weighted by Gasteiger charge is -2.18. The molecule has 1 aromatic rings. The Kier molecular flexibility index (Phi) is 4.74. The number of anilines is 1. The van der Waals surface area contributed by atoms with Gasteiger partial charge in [0, 0.05) is 37.7 Å². The van der Waals surface area contributed by atoms with E-state index in [0.29, 0.717) is 6.42 Å². The molecule has 0 spiro atoms. The van der Waals surface area contributed by atoms with Crippen LogP contribution in [0, 0.1) is 0 Å². The van der Waals surface area contributed by atoms with Gasteiger partial charge in [0.1, 0.15) is 0 Å². The molecule has 20 heavy (non-hydrogen) atoms. The van der Waals surface area contributed by atoms with Crippen molar-refractivity contribution >= 4 is 17.5 Å². The summed E-state index contributed by atoms with van der Waals surface area (Å²) in [5.41, 5.74) is 1.92. The highest BCUT2D eigenvalue weighted by molar-refractivity contribution is 5.88. The highest BCUT2D eigenvalue weighted by Gasteiger charge is 2.20. The Hall–Kier alpha value is -1.88. The van der Waals surface area contributed by atoms with Gasteiger partial charge in [0.05, 0.1) is 0 Å². The van der Waals surface area contributed by atoms with Crippen LogP contribution in [-0.2, 0) is 9.59 Å². The maximum Gasteiger partial charge on any atom is 0.221 e. The van der Waals surface area contributed by atoms with E-state index in [-0.39, 0.29) is 23.9 Å². The third-order valence-corrected chi connectivity index (χ3v) is 3.46. The van der Waals surface area contributed by atoms with Crippen molar-refractivity contribution in [2.24, 2.45) is 0 Å². The van der Waals surface area contributed by atoms with Crippen LogP contribution in [-0.4, -0.2) is 24.4 Å². The van der Waals surface area contributed by atoms with Gasteiger partial charge in [-0.2, -0.15) is 0 Å². The summed E-state index contributed by atoms with van der Waals surface area (Å²) in [6.45, 7) is 4.33. The number of hydrogen-bond donors (Lipinski definition) is 3. The van der Waals surface area contributed by atoms with Crippen molar-refractivity contribution in [3.05, 3.63) is 29.8 Å². The smallest absolute Gasteiger partial charge is 0.221 e. The largest absolute Gasteiger partial charge is 0.352 e. The molecule has 0 saturated carbocycles. The number of carbonyl (C=O) groups is 2. The first-order valence-electron chi connectivity index (χ1n) is 6.95. The Balaban J connectivity index is 1.89. The van der Waals surface area contributed by atoms with E-state index < -0.39 is 0 Å². The Bertz CT molecular complexity index is 502. The summed E-state index contributed by atoms with van der Waals surface area (Å²) in [5.74, 6) is 0.0635. The van der Waals surface area contributed by atoms with Crippen LogP contribution in [0.4, 0.5) is 5.69 Å². The molecule has 1 saturated heterocycles. The van der Waals surface area contributed by atoms with Crippen LogP contribution in [0.25, 0.3) is 0 Å². The molecular formula is C15H21N3O2. The molecule has 1 fully saturated rings. The molecule has 3 N–H and O–H groups in total. The zero-order chi connectivity index (χ0) is 14.5. The van der Waals surface area contributed by atoms with Crippen LogP contribution >= 0.6 is 0 Å². The Morgan fingerprint density at radius 3 is 2.95 bits per heavy atom. The molecular weight excluding hydrogens is 254 g/mol. The van der Waals surface area contributed by atoms with E-state index in [4.69, 9.17) is 0 Å². The van der Waals surface area contributed by atoms with Crippen molar-refractivity contribution in [1.82, 2.24) is 10.6 Å². The fourth-order valence-electron chi connectivity index (χ4n) is 2.36. The van der Waals surface area contributed by atoms with E-state index in [1.165, 1.54) is 6.92 Å². The fourth-order valence-corrected chi connectivity index (χ4v) is 2.36. The first-order chi connectivity index (χ1) is 9.54. The molecule has 5 heteroatoms. The summed E-state index contributed by atoms with van der Waals surface area (Å²) >= 11 is 0. The molecule has 2 unspecified atom stereocenters. The van der Waals surface area contributed by atoms with Gasteiger partial charge in [0.2, 0.25) is 11.8 Å². The normalized spacial score (nSPS) is 19.5. The van der Waals surface area contributed by atoms with E-state index in [9.17, 15) is 9.59 Å². The van der Waals surface area contributed by atoms with Crippen LogP contribution in [0.1, 0.15) is 38.3 Å². The third-order valence-electron chi connectivity index (χ3n) is 3.46. The number of benzene rings is 1. The summed E-state index contributed by atoms with van der Waals surface area (Å²) in [7, 11) is 0. The second-order valence-corrected chi connectivity index (χ2v) is 5.24. The average molecular weight is 275 g/mol. The third kappa shape index (κ3) is 4.06. The van der Waals surface area contributed by atoms with E-state index in [1.807, 2.05) is 24.3 Å². The first-order valence-corrected chi connectivity index (χ1v) is 6.95. The van der Waals surface area contributed by atoms with Crippen molar-refractivity contribution < 1.29 is 9.59 Å². The van der Waals surface area contributed by atoms with Gasteiger partial charge in [-0.15, -0.1) is 0 Å². The molecule has 0 aromatic heterocycles. The number of hydrogen-bond acceptors (Lipinski definition) is 3. The Morgan fingerprint density at radius 2 is 2.30 bits per heavy atom. The molecule has 1 aromatic carbocycles. The summed E-state index contributed by atoms with van der Waals surface area (Å²) < 4.78 is 0. The SMILES string of the molecule is CC(=O)Nc1cccc(C(C)NCC2CCC(=O)N2)c1. The standard InChI is InChI=1S/C15H21N3O2/c1-10(16-9-14-6-7-15(20)18-14)12-4-3-5-13(8-12)17-11(2)19/h3-5,8,10,14,16H,6-7,9H2,1-2H3,(H,17,19)(H,18,20).